The van der Waals surface area contributed by atoms with Crippen LogP contribution in [0.1, 0.15) is 11.1 Å². The van der Waals surface area contributed by atoms with E-state index in [9.17, 15) is 13.2 Å². The highest BCUT2D eigenvalue weighted by atomic mass is 35.5. The number of carbonyl (C=O) groups excluding carboxylic acids is 1. The average molecular weight is 491 g/mol. The van der Waals surface area contributed by atoms with E-state index in [1.807, 2.05) is 0 Å². The summed E-state index contributed by atoms with van der Waals surface area (Å²) in [5.74, 6) is 0.174. The molecule has 6 nitrogen and oxygen atoms in total. The fourth-order valence-electron chi connectivity index (χ4n) is 2.82. The van der Waals surface area contributed by atoms with E-state index >= 15 is 0 Å². The molecule has 0 aliphatic heterocycles. The number of benzene rings is 3. The summed E-state index contributed by atoms with van der Waals surface area (Å²) in [7, 11) is -2.35. The summed E-state index contributed by atoms with van der Waals surface area (Å²) in [6.07, 6.45) is 2.85. The number of sulfonamides is 1. The van der Waals surface area contributed by atoms with Crippen LogP contribution in [0.5, 0.6) is 5.75 Å². The number of methoxy groups -OCH3 is 1. The zero-order chi connectivity index (χ0) is 23.3. The first kappa shape index (κ1) is 23.7. The Morgan fingerprint density at radius 2 is 1.66 bits per heavy atom. The molecule has 0 bridgehead atoms. The van der Waals surface area contributed by atoms with Gasteiger partial charge in [-0.25, -0.2) is 8.42 Å². The van der Waals surface area contributed by atoms with E-state index < -0.39 is 15.9 Å². The Hall–Kier alpha value is -3.00. The SMILES string of the molecule is COc1ccc(NS(=O)(=O)c2cc(NC(=O)/C=C/c3ccc(Cl)cc3Cl)ccc2C)cc1. The lowest BCUT2D eigenvalue weighted by Gasteiger charge is -2.12. The highest BCUT2D eigenvalue weighted by Gasteiger charge is 2.18. The summed E-state index contributed by atoms with van der Waals surface area (Å²) >= 11 is 12.0. The van der Waals surface area contributed by atoms with Crippen molar-refractivity contribution in [3.8, 4) is 5.75 Å². The molecule has 0 spiro atoms. The number of hydrogen-bond donors (Lipinski definition) is 2. The molecule has 0 saturated heterocycles. The van der Waals surface area contributed by atoms with Crippen LogP contribution in [-0.2, 0) is 14.8 Å². The third-order valence-corrected chi connectivity index (χ3v) is 6.55. The summed E-state index contributed by atoms with van der Waals surface area (Å²) in [5.41, 5.74) is 1.89. The maximum Gasteiger partial charge on any atom is 0.262 e. The molecular weight excluding hydrogens is 471 g/mol. The molecule has 2 N–H and O–H groups in total. The molecule has 0 saturated carbocycles. The lowest BCUT2D eigenvalue weighted by Crippen LogP contribution is -2.15. The molecule has 32 heavy (non-hydrogen) atoms. The second-order valence-corrected chi connectivity index (χ2v) is 9.30. The zero-order valence-corrected chi connectivity index (χ0v) is 19.6. The second-order valence-electron chi connectivity index (χ2n) is 6.80. The van der Waals surface area contributed by atoms with Crippen molar-refractivity contribution >= 4 is 56.6 Å². The van der Waals surface area contributed by atoms with Gasteiger partial charge in [0.2, 0.25) is 5.91 Å². The largest absolute Gasteiger partial charge is 0.497 e. The van der Waals surface area contributed by atoms with Gasteiger partial charge < -0.3 is 10.1 Å². The van der Waals surface area contributed by atoms with Gasteiger partial charge in [0.05, 0.1) is 12.0 Å². The van der Waals surface area contributed by atoms with Crippen LogP contribution in [0.2, 0.25) is 10.0 Å². The van der Waals surface area contributed by atoms with Gasteiger partial charge in [0.1, 0.15) is 5.75 Å². The van der Waals surface area contributed by atoms with Crippen molar-refractivity contribution in [2.45, 2.75) is 11.8 Å². The number of rotatable bonds is 7. The maximum absolute atomic E-state index is 12.9. The molecular formula is C23H20Cl2N2O4S. The van der Waals surface area contributed by atoms with Crippen LogP contribution in [0, 0.1) is 6.92 Å². The summed E-state index contributed by atoms with van der Waals surface area (Å²) in [4.78, 5) is 12.4. The van der Waals surface area contributed by atoms with Crippen LogP contribution in [-0.4, -0.2) is 21.4 Å². The maximum atomic E-state index is 12.9. The number of hydrogen-bond acceptors (Lipinski definition) is 4. The van der Waals surface area contributed by atoms with Gasteiger partial charge in [0.15, 0.2) is 0 Å². The quantitative estimate of drug-likeness (QED) is 0.412. The minimum absolute atomic E-state index is 0.0517. The van der Waals surface area contributed by atoms with Gasteiger partial charge in [-0.2, -0.15) is 0 Å². The van der Waals surface area contributed by atoms with Crippen LogP contribution in [0.4, 0.5) is 11.4 Å². The van der Waals surface area contributed by atoms with Crippen molar-refractivity contribution in [3.63, 3.8) is 0 Å². The van der Waals surface area contributed by atoms with Crippen molar-refractivity contribution in [2.24, 2.45) is 0 Å². The Morgan fingerprint density at radius 3 is 2.31 bits per heavy atom. The summed E-state index contributed by atoms with van der Waals surface area (Å²) < 4.78 is 33.4. The van der Waals surface area contributed by atoms with Gasteiger partial charge in [0, 0.05) is 27.5 Å². The molecule has 3 aromatic rings. The minimum atomic E-state index is -3.88. The molecule has 9 heteroatoms. The fourth-order valence-corrected chi connectivity index (χ4v) is 4.62. The summed E-state index contributed by atoms with van der Waals surface area (Å²) in [6.45, 7) is 1.68. The van der Waals surface area contributed by atoms with Crippen molar-refractivity contribution in [1.29, 1.82) is 0 Å². The standard InChI is InChI=1S/C23H20Cl2N2O4S/c1-15-3-7-19(26-23(28)12-5-16-4-6-17(24)13-21(16)25)14-22(15)32(29,30)27-18-8-10-20(31-2)11-9-18/h3-14,27H,1-2H3,(H,26,28)/b12-5+. The summed E-state index contributed by atoms with van der Waals surface area (Å²) in [6, 6.07) is 16.1. The fraction of sp³-hybridized carbons (Fsp3) is 0.0870. The molecule has 0 fully saturated rings. The number of ether oxygens (including phenoxy) is 1. The molecule has 0 radical (unpaired) electrons. The first-order valence-electron chi connectivity index (χ1n) is 9.39. The first-order valence-corrected chi connectivity index (χ1v) is 11.6. The molecule has 3 rings (SSSR count). The Labute approximate surface area is 196 Å². The Balaban J connectivity index is 1.76. The van der Waals surface area contributed by atoms with E-state index in [1.54, 1.807) is 67.6 Å². The molecule has 0 heterocycles. The van der Waals surface area contributed by atoms with Gasteiger partial charge in [0.25, 0.3) is 10.0 Å². The molecule has 0 aliphatic rings. The zero-order valence-electron chi connectivity index (χ0n) is 17.2. The van der Waals surface area contributed by atoms with Crippen molar-refractivity contribution in [3.05, 3.63) is 87.9 Å². The van der Waals surface area contributed by atoms with E-state index in [4.69, 9.17) is 27.9 Å². The van der Waals surface area contributed by atoms with Gasteiger partial charge in [-0.1, -0.05) is 35.3 Å². The number of anilines is 2. The predicted molar refractivity (Wildman–Crippen MR) is 129 cm³/mol. The Morgan fingerprint density at radius 1 is 0.969 bits per heavy atom. The van der Waals surface area contributed by atoms with Crippen LogP contribution in [0.25, 0.3) is 6.08 Å². The lowest BCUT2D eigenvalue weighted by molar-refractivity contribution is -0.111. The number of halogens is 2. The van der Waals surface area contributed by atoms with Gasteiger partial charge in [-0.05, 0) is 72.7 Å². The highest BCUT2D eigenvalue weighted by Crippen LogP contribution is 2.25. The lowest BCUT2D eigenvalue weighted by atomic mass is 10.2. The molecule has 1 amide bonds. The molecule has 3 aromatic carbocycles. The van der Waals surface area contributed by atoms with Crippen LogP contribution < -0.4 is 14.8 Å². The highest BCUT2D eigenvalue weighted by molar-refractivity contribution is 7.92. The van der Waals surface area contributed by atoms with E-state index in [1.165, 1.54) is 19.3 Å². The van der Waals surface area contributed by atoms with Crippen molar-refractivity contribution in [2.75, 3.05) is 17.1 Å². The molecule has 0 atom stereocenters. The van der Waals surface area contributed by atoms with E-state index in [2.05, 4.69) is 10.0 Å². The van der Waals surface area contributed by atoms with E-state index in [-0.39, 0.29) is 4.90 Å². The Kier molecular flexibility index (Phi) is 7.45. The van der Waals surface area contributed by atoms with Gasteiger partial charge in [-0.3, -0.25) is 9.52 Å². The normalized spacial score (nSPS) is 11.4. The molecule has 0 aromatic heterocycles. The predicted octanol–water partition coefficient (Wildman–Crippen LogP) is 5.76. The van der Waals surface area contributed by atoms with Crippen LogP contribution >= 0.6 is 23.2 Å². The Bertz CT molecular complexity index is 1270. The van der Waals surface area contributed by atoms with E-state index in [0.717, 1.165) is 0 Å². The third-order valence-electron chi connectivity index (χ3n) is 4.46. The second kappa shape index (κ2) is 10.1. The van der Waals surface area contributed by atoms with Crippen LogP contribution in [0.15, 0.2) is 71.6 Å². The molecule has 0 unspecified atom stereocenters. The molecule has 0 aliphatic carbocycles. The smallest absolute Gasteiger partial charge is 0.262 e. The summed E-state index contributed by atoms with van der Waals surface area (Å²) in [5, 5.41) is 3.56. The van der Waals surface area contributed by atoms with Gasteiger partial charge in [-0.15, -0.1) is 0 Å². The van der Waals surface area contributed by atoms with Crippen molar-refractivity contribution in [1.82, 2.24) is 0 Å². The topological polar surface area (TPSA) is 84.5 Å². The number of nitrogens with one attached hydrogen (secondary N) is 2. The number of amides is 1. The first-order chi connectivity index (χ1) is 15.2. The average Bonchev–Trinajstić information content (AvgIpc) is 2.74. The number of carbonyl (C=O) groups is 1. The van der Waals surface area contributed by atoms with Gasteiger partial charge >= 0.3 is 0 Å². The molecule has 166 valence electrons. The van der Waals surface area contributed by atoms with E-state index in [0.29, 0.717) is 38.3 Å². The monoisotopic (exact) mass is 490 g/mol. The van der Waals surface area contributed by atoms with Crippen molar-refractivity contribution < 1.29 is 17.9 Å². The third kappa shape index (κ3) is 6.03. The minimum Gasteiger partial charge on any atom is -0.497 e. The number of aryl methyl sites for hydroxylation is 1. The van der Waals surface area contributed by atoms with Crippen LogP contribution in [0.3, 0.4) is 0 Å².